The molecule has 0 aliphatic heterocycles. The second kappa shape index (κ2) is 6.87. The third-order valence-corrected chi connectivity index (χ3v) is 8.20. The van der Waals surface area contributed by atoms with Crippen LogP contribution in [0.3, 0.4) is 0 Å². The average molecular weight is 351 g/mol. The van der Waals surface area contributed by atoms with Crippen LogP contribution in [0, 0.1) is 32.5 Å². The van der Waals surface area contributed by atoms with Gasteiger partial charge in [0.25, 0.3) is 0 Å². The van der Waals surface area contributed by atoms with Crippen LogP contribution in [-0.2, 0) is 0 Å². The monoisotopic (exact) mass is 350 g/mol. The summed E-state index contributed by atoms with van der Waals surface area (Å²) < 4.78 is 0. The number of hydrogen-bond acceptors (Lipinski definition) is 0. The minimum atomic E-state index is 0.450. The molecule has 2 aliphatic carbocycles. The van der Waals surface area contributed by atoms with E-state index < -0.39 is 0 Å². The Hall–Kier alpha value is 0. The van der Waals surface area contributed by atoms with Crippen molar-refractivity contribution in [2.24, 2.45) is 32.5 Å². The summed E-state index contributed by atoms with van der Waals surface area (Å²) in [6.07, 6.45) is 10.1. The summed E-state index contributed by atoms with van der Waals surface area (Å²) in [5.41, 5.74) is 3.06. The second-order valence-electron chi connectivity index (χ2n) is 13.2. The Bertz CT molecular complexity index is 383. The number of hydrogen-bond donors (Lipinski definition) is 0. The highest BCUT2D eigenvalue weighted by molar-refractivity contribution is 5.08. The van der Waals surface area contributed by atoms with Gasteiger partial charge in [-0.3, -0.25) is 0 Å². The Kier molecular flexibility index (Phi) is 6.33. The Morgan fingerprint density at radius 1 is 0.360 bits per heavy atom. The van der Waals surface area contributed by atoms with Crippen LogP contribution in [0.1, 0.15) is 128 Å². The van der Waals surface area contributed by atoms with Crippen molar-refractivity contribution >= 4 is 0 Å². The van der Waals surface area contributed by atoms with Crippen molar-refractivity contribution in [3.05, 3.63) is 0 Å². The quantitative estimate of drug-likeness (QED) is 0.409. The van der Waals surface area contributed by atoms with Gasteiger partial charge < -0.3 is 0 Å². The molecule has 25 heavy (non-hydrogen) atoms. The van der Waals surface area contributed by atoms with Crippen molar-refractivity contribution in [2.45, 2.75) is 128 Å². The van der Waals surface area contributed by atoms with E-state index in [1.54, 1.807) is 0 Å². The highest BCUT2D eigenvalue weighted by atomic mass is 14.6. The van der Waals surface area contributed by atoms with Gasteiger partial charge in [0.15, 0.2) is 0 Å². The molecule has 0 atom stereocenters. The van der Waals surface area contributed by atoms with Gasteiger partial charge in [-0.25, -0.2) is 0 Å². The minimum Gasteiger partial charge on any atom is -0.0596 e. The van der Waals surface area contributed by atoms with E-state index in [2.05, 4.69) is 83.1 Å². The maximum absolute atomic E-state index is 2.43. The predicted octanol–water partition coefficient (Wildman–Crippen LogP) is 8.89. The first-order chi connectivity index (χ1) is 10.9. The normalized spacial score (nSPS) is 23.5. The molecule has 2 aliphatic rings. The molecule has 0 spiro atoms. The zero-order valence-corrected chi connectivity index (χ0v) is 19.9. The maximum Gasteiger partial charge on any atom is -0.0200 e. The smallest absolute Gasteiger partial charge is 0.0200 e. The summed E-state index contributed by atoms with van der Waals surface area (Å²) in [5.74, 6) is 0. The number of rotatable bonds is 0. The van der Waals surface area contributed by atoms with Gasteiger partial charge in [-0.15, -0.1) is 0 Å². The molecular formula is C25H50. The van der Waals surface area contributed by atoms with Gasteiger partial charge in [0.1, 0.15) is 0 Å². The standard InChI is InChI=1S/C14H28.C11H22/c1-12(2,3)14(13(4,5)6)10-8-7-9-11-14;1-9(2,3)11(7-8-11)10(4,5)6/h7-11H2,1-6H3;7-8H2,1-6H3. The molecule has 150 valence electrons. The van der Waals surface area contributed by atoms with Crippen LogP contribution in [0.15, 0.2) is 0 Å². The molecule has 0 saturated heterocycles. The van der Waals surface area contributed by atoms with Crippen molar-refractivity contribution in [3.8, 4) is 0 Å². The van der Waals surface area contributed by atoms with Crippen LogP contribution in [0.5, 0.6) is 0 Å². The predicted molar refractivity (Wildman–Crippen MR) is 115 cm³/mol. The lowest BCUT2D eigenvalue weighted by molar-refractivity contribution is -0.0638. The summed E-state index contributed by atoms with van der Waals surface area (Å²) in [4.78, 5) is 0. The molecule has 0 N–H and O–H groups in total. The zero-order valence-electron chi connectivity index (χ0n) is 19.9. The van der Waals surface area contributed by atoms with Gasteiger partial charge in [-0.05, 0) is 58.2 Å². The summed E-state index contributed by atoms with van der Waals surface area (Å²) in [6.45, 7) is 28.9. The van der Waals surface area contributed by atoms with E-state index in [9.17, 15) is 0 Å². The lowest BCUT2D eigenvalue weighted by atomic mass is 9.49. The second-order valence-corrected chi connectivity index (χ2v) is 13.2. The fourth-order valence-corrected chi connectivity index (χ4v) is 6.53. The van der Waals surface area contributed by atoms with Gasteiger partial charge >= 0.3 is 0 Å². The summed E-state index contributed by atoms with van der Waals surface area (Å²) in [5, 5.41) is 0. The first-order valence-electron chi connectivity index (χ1n) is 10.9. The first kappa shape index (κ1) is 23.0. The Labute approximate surface area is 160 Å². The van der Waals surface area contributed by atoms with E-state index in [-0.39, 0.29) is 0 Å². The summed E-state index contributed by atoms with van der Waals surface area (Å²) >= 11 is 0. The molecule has 0 heteroatoms. The third kappa shape index (κ3) is 4.47. The average Bonchev–Trinajstić information content (AvgIpc) is 3.17. The topological polar surface area (TPSA) is 0 Å². The van der Waals surface area contributed by atoms with E-state index >= 15 is 0 Å². The first-order valence-corrected chi connectivity index (χ1v) is 10.9. The van der Waals surface area contributed by atoms with Crippen molar-refractivity contribution in [1.29, 1.82) is 0 Å². The fourth-order valence-electron chi connectivity index (χ4n) is 6.53. The summed E-state index contributed by atoms with van der Waals surface area (Å²) in [7, 11) is 0. The van der Waals surface area contributed by atoms with E-state index in [0.29, 0.717) is 32.5 Å². The molecule has 2 rings (SSSR count). The molecule has 2 saturated carbocycles. The molecule has 0 unspecified atom stereocenters. The molecule has 0 aromatic rings. The van der Waals surface area contributed by atoms with Crippen LogP contribution in [0.25, 0.3) is 0 Å². The molecular weight excluding hydrogens is 300 g/mol. The van der Waals surface area contributed by atoms with Crippen molar-refractivity contribution in [1.82, 2.24) is 0 Å². The molecule has 0 bridgehead atoms. The lowest BCUT2D eigenvalue weighted by Crippen LogP contribution is -2.47. The van der Waals surface area contributed by atoms with Crippen LogP contribution < -0.4 is 0 Å². The molecule has 0 nitrogen and oxygen atoms in total. The van der Waals surface area contributed by atoms with E-state index in [1.165, 1.54) is 44.9 Å². The Morgan fingerprint density at radius 3 is 0.720 bits per heavy atom. The van der Waals surface area contributed by atoms with E-state index in [1.807, 2.05) is 0 Å². The van der Waals surface area contributed by atoms with Crippen LogP contribution in [0.2, 0.25) is 0 Å². The fraction of sp³-hybridized carbons (Fsp3) is 1.00. The van der Waals surface area contributed by atoms with Crippen LogP contribution in [-0.4, -0.2) is 0 Å². The molecule has 0 heterocycles. The molecule has 0 aromatic carbocycles. The van der Waals surface area contributed by atoms with E-state index in [0.717, 1.165) is 0 Å². The van der Waals surface area contributed by atoms with Gasteiger partial charge in [0.05, 0.1) is 0 Å². The lowest BCUT2D eigenvalue weighted by Gasteiger charge is -2.56. The largest absolute Gasteiger partial charge is 0.0596 e. The van der Waals surface area contributed by atoms with E-state index in [4.69, 9.17) is 0 Å². The van der Waals surface area contributed by atoms with Gasteiger partial charge in [-0.1, -0.05) is 102 Å². The van der Waals surface area contributed by atoms with Crippen LogP contribution >= 0.6 is 0 Å². The van der Waals surface area contributed by atoms with Crippen molar-refractivity contribution in [3.63, 3.8) is 0 Å². The Balaban J connectivity index is 0.000000257. The van der Waals surface area contributed by atoms with Gasteiger partial charge in [-0.2, -0.15) is 0 Å². The van der Waals surface area contributed by atoms with Crippen LogP contribution in [0.4, 0.5) is 0 Å². The minimum absolute atomic E-state index is 0.450. The summed E-state index contributed by atoms with van der Waals surface area (Å²) in [6, 6.07) is 0. The highest BCUT2D eigenvalue weighted by Gasteiger charge is 2.58. The van der Waals surface area contributed by atoms with Gasteiger partial charge in [0.2, 0.25) is 0 Å². The van der Waals surface area contributed by atoms with Crippen molar-refractivity contribution < 1.29 is 0 Å². The molecule has 0 aromatic heterocycles. The zero-order chi connectivity index (χ0) is 19.9. The van der Waals surface area contributed by atoms with Crippen molar-refractivity contribution in [2.75, 3.05) is 0 Å². The van der Waals surface area contributed by atoms with Gasteiger partial charge in [0, 0.05) is 0 Å². The third-order valence-electron chi connectivity index (χ3n) is 8.20. The highest BCUT2D eigenvalue weighted by Crippen LogP contribution is 2.67. The molecule has 2 fully saturated rings. The maximum atomic E-state index is 2.43. The Morgan fingerprint density at radius 2 is 0.600 bits per heavy atom. The molecule has 0 amide bonds. The molecule has 0 radical (unpaired) electrons. The SMILES string of the molecule is CC(C)(C)C1(C(C)(C)C)CC1.CC(C)(C)C1(C(C)(C)C)CCCCC1.